The van der Waals surface area contributed by atoms with E-state index in [0.717, 1.165) is 30.0 Å². The predicted molar refractivity (Wildman–Crippen MR) is 152 cm³/mol. The first-order valence-electron chi connectivity index (χ1n) is 13.0. The molecule has 7 nitrogen and oxygen atoms in total. The van der Waals surface area contributed by atoms with E-state index >= 15 is 4.39 Å². The molecule has 1 aliphatic rings. The van der Waals surface area contributed by atoms with Crippen molar-refractivity contribution in [2.24, 2.45) is 0 Å². The second-order valence-corrected chi connectivity index (χ2v) is 9.55. The van der Waals surface area contributed by atoms with Crippen molar-refractivity contribution >= 4 is 39.6 Å². The number of pyridine rings is 1. The second-order valence-electron chi connectivity index (χ2n) is 9.55. The van der Waals surface area contributed by atoms with E-state index in [0.29, 0.717) is 39.3 Å². The fourth-order valence-electron chi connectivity index (χ4n) is 4.82. The van der Waals surface area contributed by atoms with Gasteiger partial charge in [0, 0.05) is 36.8 Å². The molecule has 5 rings (SSSR count). The first-order valence-corrected chi connectivity index (χ1v) is 13.0. The molecule has 0 spiro atoms. The molecule has 1 heterocycles. The van der Waals surface area contributed by atoms with Gasteiger partial charge in [-0.1, -0.05) is 0 Å². The van der Waals surface area contributed by atoms with Gasteiger partial charge in [-0.2, -0.15) is 0 Å². The summed E-state index contributed by atoms with van der Waals surface area (Å²) in [6, 6.07) is 18.1. The molecule has 8 heteroatoms. The Balaban J connectivity index is 1.71. The minimum Gasteiger partial charge on any atom is -0.497 e. The lowest BCUT2D eigenvalue weighted by molar-refractivity contribution is 0.0525. The fraction of sp³-hybridized carbons (Fsp3) is 0.290. The predicted octanol–water partition coefficient (Wildman–Crippen LogP) is 6.98. The van der Waals surface area contributed by atoms with Crippen molar-refractivity contribution in [2.45, 2.75) is 25.7 Å². The second kappa shape index (κ2) is 10.8. The van der Waals surface area contributed by atoms with E-state index in [1.165, 1.54) is 6.07 Å². The normalized spacial score (nSPS) is 12.8. The number of methoxy groups -OCH3 is 2. The number of aromatic nitrogens is 1. The molecule has 3 aromatic carbocycles. The Morgan fingerprint density at radius 3 is 2.00 bits per heavy atom. The number of hydrogen-bond donors (Lipinski definition) is 0. The molecule has 0 unspecified atom stereocenters. The molecule has 39 heavy (non-hydrogen) atoms. The van der Waals surface area contributed by atoms with E-state index in [9.17, 15) is 4.79 Å². The van der Waals surface area contributed by atoms with Crippen molar-refractivity contribution in [2.75, 3.05) is 44.7 Å². The number of benzene rings is 3. The summed E-state index contributed by atoms with van der Waals surface area (Å²) in [6.45, 7) is 2.00. The number of rotatable bonds is 9. The summed E-state index contributed by atoms with van der Waals surface area (Å²) >= 11 is 0. The molecule has 1 aromatic heterocycles. The largest absolute Gasteiger partial charge is 0.497 e. The number of carbonyl (C=O) groups excluding carboxylic acids is 1. The molecule has 0 aliphatic heterocycles. The monoisotopic (exact) mass is 529 g/mol. The van der Waals surface area contributed by atoms with Crippen LogP contribution in [0, 0.1) is 5.82 Å². The molecule has 1 aliphatic carbocycles. The molecule has 0 N–H and O–H groups in total. The highest BCUT2D eigenvalue weighted by Crippen LogP contribution is 2.47. The van der Waals surface area contributed by atoms with Gasteiger partial charge in [0.25, 0.3) is 0 Å². The number of esters is 1. The van der Waals surface area contributed by atoms with Gasteiger partial charge in [0.2, 0.25) is 0 Å². The number of fused-ring (bicyclic) bond motifs is 1. The van der Waals surface area contributed by atoms with Crippen LogP contribution >= 0.6 is 0 Å². The van der Waals surface area contributed by atoms with Gasteiger partial charge < -0.3 is 24.0 Å². The molecule has 0 radical (unpaired) electrons. The van der Waals surface area contributed by atoms with Gasteiger partial charge in [-0.15, -0.1) is 0 Å². The van der Waals surface area contributed by atoms with Gasteiger partial charge >= 0.3 is 5.97 Å². The number of halogens is 1. The maximum Gasteiger partial charge on any atom is 0.342 e. The van der Waals surface area contributed by atoms with Crippen LogP contribution in [0.1, 0.15) is 41.7 Å². The van der Waals surface area contributed by atoms with E-state index in [-0.39, 0.29) is 12.5 Å². The molecule has 0 saturated heterocycles. The van der Waals surface area contributed by atoms with Crippen molar-refractivity contribution in [3.63, 3.8) is 0 Å². The lowest BCUT2D eigenvalue weighted by Gasteiger charge is -2.27. The minimum atomic E-state index is -0.455. The van der Waals surface area contributed by atoms with Crippen molar-refractivity contribution in [1.29, 1.82) is 0 Å². The summed E-state index contributed by atoms with van der Waals surface area (Å²) in [5.41, 5.74) is 4.26. The Morgan fingerprint density at radius 2 is 1.49 bits per heavy atom. The van der Waals surface area contributed by atoms with Gasteiger partial charge in [-0.05, 0) is 80.4 Å². The summed E-state index contributed by atoms with van der Waals surface area (Å²) in [5.74, 6) is 0.711. The highest BCUT2D eigenvalue weighted by atomic mass is 19.1. The third-order valence-electron chi connectivity index (χ3n) is 7.11. The lowest BCUT2D eigenvalue weighted by atomic mass is 10.0. The summed E-state index contributed by atoms with van der Waals surface area (Å²) < 4.78 is 31.9. The van der Waals surface area contributed by atoms with Crippen molar-refractivity contribution in [1.82, 2.24) is 4.98 Å². The molecular formula is C31H32FN3O4. The van der Waals surface area contributed by atoms with Gasteiger partial charge in [-0.3, -0.25) is 4.98 Å². The van der Waals surface area contributed by atoms with Crippen molar-refractivity contribution in [3.05, 3.63) is 77.7 Å². The highest BCUT2D eigenvalue weighted by molar-refractivity contribution is 6.08. The van der Waals surface area contributed by atoms with Gasteiger partial charge in [-0.25, -0.2) is 9.18 Å². The summed E-state index contributed by atoms with van der Waals surface area (Å²) in [6.07, 6.45) is 1.88. The van der Waals surface area contributed by atoms with Crippen LogP contribution in [0.2, 0.25) is 0 Å². The Bertz CT molecular complexity index is 1500. The van der Waals surface area contributed by atoms with Crippen LogP contribution < -0.4 is 19.3 Å². The molecule has 1 fully saturated rings. The fourth-order valence-corrected chi connectivity index (χ4v) is 4.82. The van der Waals surface area contributed by atoms with E-state index in [1.807, 2.05) is 67.5 Å². The van der Waals surface area contributed by atoms with Crippen LogP contribution in [0.25, 0.3) is 10.9 Å². The van der Waals surface area contributed by atoms with Crippen molar-refractivity contribution in [3.8, 4) is 11.5 Å². The first kappa shape index (κ1) is 26.3. The van der Waals surface area contributed by atoms with Crippen LogP contribution in [-0.2, 0) is 4.74 Å². The summed E-state index contributed by atoms with van der Waals surface area (Å²) in [4.78, 5) is 22.0. The third kappa shape index (κ3) is 5.06. The Hall–Kier alpha value is -4.33. The number of nitrogens with zero attached hydrogens (tertiary/aromatic N) is 3. The number of carbonyl (C=O) groups is 1. The quantitative estimate of drug-likeness (QED) is 0.217. The molecule has 202 valence electrons. The van der Waals surface area contributed by atoms with Gasteiger partial charge in [0.1, 0.15) is 22.9 Å². The van der Waals surface area contributed by atoms with E-state index < -0.39 is 11.8 Å². The van der Waals surface area contributed by atoms with E-state index in [4.69, 9.17) is 19.2 Å². The topological polar surface area (TPSA) is 64.1 Å². The zero-order valence-corrected chi connectivity index (χ0v) is 22.8. The molecule has 1 saturated carbocycles. The Kier molecular flexibility index (Phi) is 7.28. The zero-order valence-electron chi connectivity index (χ0n) is 22.8. The van der Waals surface area contributed by atoms with Gasteiger partial charge in [0.05, 0.1) is 43.4 Å². The molecular weight excluding hydrogens is 497 g/mol. The smallest absolute Gasteiger partial charge is 0.342 e. The molecule has 0 atom stereocenters. The van der Waals surface area contributed by atoms with E-state index in [2.05, 4.69) is 0 Å². The summed E-state index contributed by atoms with van der Waals surface area (Å²) in [7, 11) is 6.89. The Morgan fingerprint density at radius 1 is 0.923 bits per heavy atom. The van der Waals surface area contributed by atoms with Crippen LogP contribution in [-0.4, -0.2) is 45.9 Å². The zero-order chi connectivity index (χ0) is 27.7. The average molecular weight is 530 g/mol. The van der Waals surface area contributed by atoms with E-state index in [1.54, 1.807) is 32.1 Å². The molecule has 0 bridgehead atoms. The van der Waals surface area contributed by atoms with Gasteiger partial charge in [0.15, 0.2) is 0 Å². The average Bonchev–Trinajstić information content (AvgIpc) is 3.81. The third-order valence-corrected chi connectivity index (χ3v) is 7.11. The van der Waals surface area contributed by atoms with Crippen LogP contribution in [0.3, 0.4) is 0 Å². The SMILES string of the molecule is CCOC(=O)c1c(C2CC2)nc2cc(N(C)c3ccc(OC)cc3)c(F)cc2c1N(C)c1ccc(OC)cc1. The molecule has 0 amide bonds. The molecule has 4 aromatic rings. The number of hydrogen-bond acceptors (Lipinski definition) is 7. The van der Waals surface area contributed by atoms with Crippen molar-refractivity contribution < 1.29 is 23.4 Å². The lowest BCUT2D eigenvalue weighted by Crippen LogP contribution is -2.19. The minimum absolute atomic E-state index is 0.157. The maximum atomic E-state index is 15.9. The number of anilines is 4. The highest BCUT2D eigenvalue weighted by Gasteiger charge is 2.35. The summed E-state index contributed by atoms with van der Waals surface area (Å²) in [5, 5.41) is 0.533. The maximum absolute atomic E-state index is 15.9. The number of ether oxygens (including phenoxy) is 3. The van der Waals surface area contributed by atoms with Crippen LogP contribution in [0.15, 0.2) is 60.7 Å². The standard InChI is InChI=1S/C31H32FN3O4/c1-6-39-31(36)28-29(19-7-8-19)33-26-18-27(34(2)20-9-13-22(37-4)14-10-20)25(32)17-24(26)30(28)35(3)21-11-15-23(38-5)16-12-21/h9-19H,6-8H2,1-5H3. The van der Waals surface area contributed by atoms with Crippen LogP contribution in [0.5, 0.6) is 11.5 Å². The Labute approximate surface area is 227 Å². The van der Waals surface area contributed by atoms with Crippen LogP contribution in [0.4, 0.5) is 27.1 Å². The first-order chi connectivity index (χ1) is 18.9.